The van der Waals surface area contributed by atoms with Crippen LogP contribution < -0.4 is 0 Å². The molecule has 0 aromatic heterocycles. The second-order valence-electron chi connectivity index (χ2n) is 9.82. The van der Waals surface area contributed by atoms with Crippen LogP contribution in [0.1, 0.15) is 167 Å². The number of hydrogen-bond donors (Lipinski definition) is 0. The molecule has 0 fully saturated rings. The third kappa shape index (κ3) is 29.7. The summed E-state index contributed by atoms with van der Waals surface area (Å²) in [7, 11) is 0. The lowest BCUT2D eigenvalue weighted by molar-refractivity contribution is 0.125. The third-order valence-corrected chi connectivity index (χ3v) is 6.59. The maximum atomic E-state index is 5.80. The van der Waals surface area contributed by atoms with Gasteiger partial charge in [0.2, 0.25) is 0 Å². The molecule has 0 aliphatic carbocycles. The lowest BCUT2D eigenvalue weighted by Crippen LogP contribution is -1.97. The third-order valence-electron chi connectivity index (χ3n) is 6.59. The summed E-state index contributed by atoms with van der Waals surface area (Å²) in [6.45, 7) is 8.06. The fourth-order valence-corrected chi connectivity index (χ4v) is 4.41. The highest BCUT2D eigenvalue weighted by Crippen LogP contribution is 2.14. The van der Waals surface area contributed by atoms with Gasteiger partial charge in [-0.25, -0.2) is 0 Å². The molecule has 0 saturated carbocycles. The SMILES string of the molecule is C=CCCCCCCCCCCCCCCCCCCOCCCCCCCCCC. The van der Waals surface area contributed by atoms with Crippen molar-refractivity contribution in [1.82, 2.24) is 0 Å². The minimum absolute atomic E-state index is 0.991. The van der Waals surface area contributed by atoms with Crippen LogP contribution in [-0.4, -0.2) is 13.2 Å². The molecule has 0 unspecified atom stereocenters. The highest BCUT2D eigenvalue weighted by molar-refractivity contribution is 4.65. The van der Waals surface area contributed by atoms with E-state index in [0.717, 1.165) is 13.2 Å². The minimum Gasteiger partial charge on any atom is -0.381 e. The molecule has 1 nitrogen and oxygen atoms in total. The van der Waals surface area contributed by atoms with Crippen LogP contribution in [0.2, 0.25) is 0 Å². The van der Waals surface area contributed by atoms with Crippen LogP contribution in [0, 0.1) is 0 Å². The van der Waals surface area contributed by atoms with Crippen LogP contribution in [0.25, 0.3) is 0 Å². The number of ether oxygens (including phenoxy) is 1. The van der Waals surface area contributed by atoms with Crippen LogP contribution in [0.15, 0.2) is 12.7 Å². The lowest BCUT2D eigenvalue weighted by atomic mass is 10.0. The fraction of sp³-hybridized carbons (Fsp3) is 0.933. The molecule has 0 N–H and O–H groups in total. The molecular formula is C30H60O. The molecule has 0 aliphatic heterocycles. The first kappa shape index (κ1) is 30.7. The molecule has 186 valence electrons. The molecule has 0 radical (unpaired) electrons. The Bertz CT molecular complexity index is 312. The highest BCUT2D eigenvalue weighted by Gasteiger charge is 1.96. The smallest absolute Gasteiger partial charge is 0.0466 e. The van der Waals surface area contributed by atoms with Crippen molar-refractivity contribution in [3.8, 4) is 0 Å². The van der Waals surface area contributed by atoms with Gasteiger partial charge >= 0.3 is 0 Å². The maximum Gasteiger partial charge on any atom is 0.0466 e. The second-order valence-corrected chi connectivity index (χ2v) is 9.82. The van der Waals surface area contributed by atoms with Gasteiger partial charge in [-0.15, -0.1) is 6.58 Å². The first-order chi connectivity index (χ1) is 15.4. The lowest BCUT2D eigenvalue weighted by Gasteiger charge is -2.05. The highest BCUT2D eigenvalue weighted by atomic mass is 16.5. The van der Waals surface area contributed by atoms with Crippen molar-refractivity contribution in [3.05, 3.63) is 12.7 Å². The van der Waals surface area contributed by atoms with Crippen LogP contribution in [-0.2, 0) is 4.74 Å². The quantitative estimate of drug-likeness (QED) is 0.0875. The summed E-state index contributed by atoms with van der Waals surface area (Å²) in [5.74, 6) is 0. The number of unbranched alkanes of at least 4 members (excludes halogenated alkanes) is 23. The van der Waals surface area contributed by atoms with Gasteiger partial charge in [0.05, 0.1) is 0 Å². The van der Waals surface area contributed by atoms with Crippen molar-refractivity contribution >= 4 is 0 Å². The van der Waals surface area contributed by atoms with E-state index in [2.05, 4.69) is 19.6 Å². The first-order valence-corrected chi connectivity index (χ1v) is 14.6. The van der Waals surface area contributed by atoms with E-state index in [-0.39, 0.29) is 0 Å². The Morgan fingerprint density at radius 1 is 0.419 bits per heavy atom. The van der Waals surface area contributed by atoms with E-state index in [9.17, 15) is 0 Å². The zero-order chi connectivity index (χ0) is 22.5. The van der Waals surface area contributed by atoms with E-state index in [4.69, 9.17) is 4.74 Å². The van der Waals surface area contributed by atoms with E-state index in [1.165, 1.54) is 161 Å². The minimum atomic E-state index is 0.991. The number of allylic oxidation sites excluding steroid dienone is 1. The van der Waals surface area contributed by atoms with Crippen LogP contribution in [0.5, 0.6) is 0 Å². The second kappa shape index (κ2) is 29.7. The molecule has 0 aliphatic rings. The van der Waals surface area contributed by atoms with Gasteiger partial charge in [-0.2, -0.15) is 0 Å². The molecule has 1 heteroatoms. The summed E-state index contributed by atoms with van der Waals surface area (Å²) in [5, 5.41) is 0. The standard InChI is InChI=1S/C30H60O/c1-3-5-7-9-11-13-14-15-16-17-18-19-20-21-22-24-26-28-30-31-29-27-25-23-12-10-8-6-4-2/h3H,1,4-30H2,2H3. The molecule has 0 amide bonds. The van der Waals surface area contributed by atoms with E-state index < -0.39 is 0 Å². The van der Waals surface area contributed by atoms with Crippen molar-refractivity contribution in [2.75, 3.05) is 13.2 Å². The summed E-state index contributed by atoms with van der Waals surface area (Å²) >= 11 is 0. The molecule has 0 atom stereocenters. The van der Waals surface area contributed by atoms with Gasteiger partial charge in [-0.3, -0.25) is 0 Å². The zero-order valence-electron chi connectivity index (χ0n) is 21.8. The summed E-state index contributed by atoms with van der Waals surface area (Å²) in [6, 6.07) is 0. The van der Waals surface area contributed by atoms with Crippen molar-refractivity contribution < 1.29 is 4.74 Å². The molecule has 0 heterocycles. The molecule has 0 aromatic carbocycles. The first-order valence-electron chi connectivity index (χ1n) is 14.6. The predicted octanol–water partition coefficient (Wildman–Crippen LogP) is 11.0. The normalized spacial score (nSPS) is 11.3. The maximum absolute atomic E-state index is 5.80. The van der Waals surface area contributed by atoms with Gasteiger partial charge in [0.1, 0.15) is 0 Å². The summed E-state index contributed by atoms with van der Waals surface area (Å²) in [4.78, 5) is 0. The van der Waals surface area contributed by atoms with Crippen molar-refractivity contribution in [1.29, 1.82) is 0 Å². The Hall–Kier alpha value is -0.300. The van der Waals surface area contributed by atoms with E-state index >= 15 is 0 Å². The molecule has 0 aromatic rings. The van der Waals surface area contributed by atoms with Gasteiger partial charge in [0.25, 0.3) is 0 Å². The monoisotopic (exact) mass is 436 g/mol. The molecule has 0 spiro atoms. The largest absolute Gasteiger partial charge is 0.381 e. The van der Waals surface area contributed by atoms with Crippen molar-refractivity contribution in [2.45, 2.75) is 167 Å². The van der Waals surface area contributed by atoms with E-state index in [1.807, 2.05) is 0 Å². The summed E-state index contributed by atoms with van der Waals surface area (Å²) in [5.41, 5.74) is 0. The van der Waals surface area contributed by atoms with Gasteiger partial charge in [-0.1, -0.05) is 148 Å². The number of hydrogen-bond acceptors (Lipinski definition) is 1. The molecule has 0 rings (SSSR count). The average Bonchev–Trinajstić information content (AvgIpc) is 2.78. The number of rotatable bonds is 28. The van der Waals surface area contributed by atoms with Crippen molar-refractivity contribution in [2.24, 2.45) is 0 Å². The zero-order valence-corrected chi connectivity index (χ0v) is 21.8. The van der Waals surface area contributed by atoms with Gasteiger partial charge in [0, 0.05) is 13.2 Å². The van der Waals surface area contributed by atoms with E-state index in [0.29, 0.717) is 0 Å². The van der Waals surface area contributed by atoms with Gasteiger partial charge in [-0.05, 0) is 25.7 Å². The van der Waals surface area contributed by atoms with Crippen LogP contribution in [0.3, 0.4) is 0 Å². The molecular weight excluding hydrogens is 376 g/mol. The van der Waals surface area contributed by atoms with Gasteiger partial charge < -0.3 is 4.74 Å². The Morgan fingerprint density at radius 3 is 1.03 bits per heavy atom. The predicted molar refractivity (Wildman–Crippen MR) is 142 cm³/mol. The summed E-state index contributed by atoms with van der Waals surface area (Å²) in [6.07, 6.45) is 37.1. The van der Waals surface area contributed by atoms with Crippen LogP contribution in [0.4, 0.5) is 0 Å². The Balaban J connectivity index is 2.98. The van der Waals surface area contributed by atoms with Gasteiger partial charge in [0.15, 0.2) is 0 Å². The topological polar surface area (TPSA) is 9.23 Å². The van der Waals surface area contributed by atoms with E-state index in [1.54, 1.807) is 0 Å². The molecule has 31 heavy (non-hydrogen) atoms. The van der Waals surface area contributed by atoms with Crippen molar-refractivity contribution in [3.63, 3.8) is 0 Å². The Labute approximate surface area is 198 Å². The average molecular weight is 437 g/mol. The molecule has 0 bridgehead atoms. The Morgan fingerprint density at radius 2 is 0.710 bits per heavy atom. The Kier molecular flexibility index (Phi) is 29.4. The molecule has 0 saturated heterocycles. The fourth-order valence-electron chi connectivity index (χ4n) is 4.41. The summed E-state index contributed by atoms with van der Waals surface area (Å²) < 4.78 is 5.80. The van der Waals surface area contributed by atoms with Crippen LogP contribution >= 0.6 is 0 Å².